The molecule has 17 heteroatoms. The van der Waals surface area contributed by atoms with Crippen LogP contribution < -0.4 is 11.2 Å². The van der Waals surface area contributed by atoms with Crippen molar-refractivity contribution >= 4 is 20.1 Å². The molecule has 2 heterocycles. The van der Waals surface area contributed by atoms with Gasteiger partial charge in [-0.15, -0.1) is 6.42 Å². The van der Waals surface area contributed by atoms with E-state index < -0.39 is 82.0 Å². The predicted molar refractivity (Wildman–Crippen MR) is 141 cm³/mol. The zero-order valence-electron chi connectivity index (χ0n) is 24.0. The first kappa shape index (κ1) is 37.8. The molecule has 234 valence electrons. The molecule has 41 heavy (non-hydrogen) atoms. The van der Waals surface area contributed by atoms with Crippen LogP contribution in [-0.4, -0.2) is 67.5 Å². The number of halogens is 1. The molecule has 0 radical (unpaired) electrons. The van der Waals surface area contributed by atoms with Gasteiger partial charge in [-0.25, -0.2) is 28.0 Å². The fourth-order valence-electron chi connectivity index (χ4n) is 2.91. The summed E-state index contributed by atoms with van der Waals surface area (Å²) in [6.45, 7) is 8.19. The Labute approximate surface area is 237 Å². The average molecular weight is 613 g/mol. The second kappa shape index (κ2) is 19.8. The SMILES string of the molecule is C#CC1CC(COP(=O)(OCOC(=O)OC(C)C)OCOC(=O)OC(C)C)OC1n1ccc(=O)[nH]c1=O.CC.CF. The number of phosphoric acid groups is 1. The number of nitrogens with one attached hydrogen (secondary N) is 1. The van der Waals surface area contributed by atoms with Crippen LogP contribution in [0.1, 0.15) is 54.2 Å². The molecule has 1 fully saturated rings. The van der Waals surface area contributed by atoms with E-state index in [1.807, 2.05) is 13.8 Å². The summed E-state index contributed by atoms with van der Waals surface area (Å²) in [5, 5.41) is 0. The maximum absolute atomic E-state index is 13.0. The van der Waals surface area contributed by atoms with Gasteiger partial charge in [0.25, 0.3) is 5.56 Å². The van der Waals surface area contributed by atoms with E-state index in [9.17, 15) is 28.1 Å². The Kier molecular flexibility index (Phi) is 18.2. The monoisotopic (exact) mass is 612 g/mol. The summed E-state index contributed by atoms with van der Waals surface area (Å²) in [7, 11) is -4.00. The first-order valence-corrected chi connectivity index (χ1v) is 13.9. The minimum Gasteiger partial charge on any atom is -0.432 e. The Balaban J connectivity index is 0.00000382. The molecule has 1 aromatic rings. The van der Waals surface area contributed by atoms with Crippen molar-refractivity contribution in [1.29, 1.82) is 0 Å². The molecule has 1 aliphatic rings. The number of phosphoric ester groups is 1. The fraction of sp³-hybridized carbons (Fsp3) is 0.667. The highest BCUT2D eigenvalue weighted by molar-refractivity contribution is 7.48. The minimum absolute atomic E-state index is 0.182. The Bertz CT molecular complexity index is 1100. The molecular formula is C24H38FN2O13P. The number of aromatic nitrogens is 2. The van der Waals surface area contributed by atoms with Gasteiger partial charge in [0.1, 0.15) is 0 Å². The van der Waals surface area contributed by atoms with Crippen LogP contribution in [-0.2, 0) is 41.8 Å². The summed E-state index contributed by atoms with van der Waals surface area (Å²) in [6, 6.07) is 1.13. The molecule has 3 unspecified atom stereocenters. The van der Waals surface area contributed by atoms with Crippen LogP contribution in [0.3, 0.4) is 0 Å². The molecule has 0 bridgehead atoms. The van der Waals surface area contributed by atoms with Crippen molar-refractivity contribution in [2.75, 3.05) is 27.4 Å². The van der Waals surface area contributed by atoms with Crippen LogP contribution in [0.4, 0.5) is 14.0 Å². The molecule has 1 N–H and O–H groups in total. The van der Waals surface area contributed by atoms with E-state index in [2.05, 4.69) is 20.4 Å². The standard InChI is InChI=1S/C21H29N2O13P.C2H6.CH3F/c1-6-15-9-16(36-18(15)23-8-7-17(24)22-19(23)25)10-31-37(28,32-11-29-20(26)34-13(2)3)33-12-30-21(27)35-14(4)5;2*1-2/h1,7-8,13-16,18H,9-12H2,2-5H3,(H,22,24,25);1-2H3;1H3. The number of rotatable bonds is 12. The Morgan fingerprint density at radius 2 is 1.59 bits per heavy atom. The zero-order chi connectivity index (χ0) is 31.6. The number of carbonyl (C=O) groups excluding carboxylic acids is 2. The summed E-state index contributed by atoms with van der Waals surface area (Å²) < 4.78 is 63.5. The van der Waals surface area contributed by atoms with E-state index in [0.29, 0.717) is 7.18 Å². The molecule has 0 aromatic carbocycles. The highest BCUT2D eigenvalue weighted by atomic mass is 31.2. The van der Waals surface area contributed by atoms with Crippen LogP contribution >= 0.6 is 7.82 Å². The van der Waals surface area contributed by atoms with Crippen LogP contribution in [0.25, 0.3) is 0 Å². The number of aromatic amines is 1. The Hall–Kier alpha value is -3.22. The van der Waals surface area contributed by atoms with E-state index in [-0.39, 0.29) is 6.42 Å². The van der Waals surface area contributed by atoms with Gasteiger partial charge in [0.15, 0.2) is 6.23 Å². The van der Waals surface area contributed by atoms with E-state index in [1.165, 1.54) is 6.20 Å². The summed E-state index contributed by atoms with van der Waals surface area (Å²) in [4.78, 5) is 48.6. The third-order valence-corrected chi connectivity index (χ3v) is 5.70. The lowest BCUT2D eigenvalue weighted by Crippen LogP contribution is -2.33. The lowest BCUT2D eigenvalue weighted by molar-refractivity contribution is -0.0600. The molecule has 15 nitrogen and oxygen atoms in total. The van der Waals surface area contributed by atoms with Crippen molar-refractivity contribution in [2.24, 2.45) is 5.92 Å². The second-order valence-corrected chi connectivity index (χ2v) is 9.70. The van der Waals surface area contributed by atoms with Crippen LogP contribution in [0.5, 0.6) is 0 Å². The van der Waals surface area contributed by atoms with Gasteiger partial charge in [-0.05, 0) is 34.1 Å². The van der Waals surface area contributed by atoms with Crippen molar-refractivity contribution in [1.82, 2.24) is 9.55 Å². The largest absolute Gasteiger partial charge is 0.510 e. The van der Waals surface area contributed by atoms with Crippen molar-refractivity contribution in [3.8, 4) is 12.3 Å². The van der Waals surface area contributed by atoms with Crippen molar-refractivity contribution in [2.45, 2.75) is 72.5 Å². The predicted octanol–water partition coefficient (Wildman–Crippen LogP) is 3.88. The molecule has 3 atom stereocenters. The average Bonchev–Trinajstić information content (AvgIpc) is 3.32. The van der Waals surface area contributed by atoms with Gasteiger partial charge in [-0.2, -0.15) is 0 Å². The highest BCUT2D eigenvalue weighted by Gasteiger charge is 2.38. The number of alkyl halides is 1. The van der Waals surface area contributed by atoms with Crippen molar-refractivity contribution < 1.29 is 55.8 Å². The third-order valence-electron chi connectivity index (χ3n) is 4.39. The van der Waals surface area contributed by atoms with E-state index >= 15 is 0 Å². The summed E-state index contributed by atoms with van der Waals surface area (Å²) in [5.74, 6) is 1.90. The van der Waals surface area contributed by atoms with Crippen molar-refractivity contribution in [3.63, 3.8) is 0 Å². The lowest BCUT2D eigenvalue weighted by Gasteiger charge is -2.20. The van der Waals surface area contributed by atoms with E-state index in [0.717, 1.165) is 10.6 Å². The topological polar surface area (TPSA) is 180 Å². The molecular weight excluding hydrogens is 574 g/mol. The number of hydrogen-bond acceptors (Lipinski definition) is 13. The van der Waals surface area contributed by atoms with Crippen LogP contribution in [0, 0.1) is 18.3 Å². The van der Waals surface area contributed by atoms with Gasteiger partial charge in [-0.1, -0.05) is 19.8 Å². The number of carbonyl (C=O) groups is 2. The number of nitrogens with zero attached hydrogens (tertiary/aromatic N) is 1. The Morgan fingerprint density at radius 3 is 2.02 bits per heavy atom. The van der Waals surface area contributed by atoms with Gasteiger partial charge < -0.3 is 23.7 Å². The van der Waals surface area contributed by atoms with Gasteiger partial charge >= 0.3 is 25.8 Å². The quantitative estimate of drug-likeness (QED) is 0.156. The molecule has 2 rings (SSSR count). The summed E-state index contributed by atoms with van der Waals surface area (Å²) in [5.41, 5.74) is -1.32. The molecule has 0 saturated carbocycles. The first-order valence-electron chi connectivity index (χ1n) is 12.4. The molecule has 1 aromatic heterocycles. The molecule has 1 aliphatic heterocycles. The molecule has 0 aliphatic carbocycles. The van der Waals surface area contributed by atoms with Crippen LogP contribution in [0.15, 0.2) is 21.9 Å². The zero-order valence-corrected chi connectivity index (χ0v) is 24.9. The summed E-state index contributed by atoms with van der Waals surface area (Å²) >= 11 is 0. The van der Waals surface area contributed by atoms with E-state index in [1.54, 1.807) is 27.7 Å². The fourth-order valence-corrected chi connectivity index (χ4v) is 3.85. The van der Waals surface area contributed by atoms with Gasteiger partial charge in [0, 0.05) is 12.3 Å². The summed E-state index contributed by atoms with van der Waals surface area (Å²) in [6.07, 6.45) is 2.11. The normalized spacial score (nSPS) is 17.8. The molecule has 0 amide bonds. The molecule has 1 saturated heterocycles. The maximum atomic E-state index is 13.0. The second-order valence-electron chi connectivity index (χ2n) is 8.03. The van der Waals surface area contributed by atoms with Gasteiger partial charge in [0.05, 0.1) is 38.0 Å². The van der Waals surface area contributed by atoms with E-state index in [4.69, 9.17) is 34.2 Å². The number of H-pyrrole nitrogens is 1. The first-order chi connectivity index (χ1) is 19.4. The third kappa shape index (κ3) is 14.3. The number of hydrogen-bond donors (Lipinski definition) is 1. The number of ether oxygens (including phenoxy) is 5. The van der Waals surface area contributed by atoms with Gasteiger partial charge in [0.2, 0.25) is 13.6 Å². The Morgan fingerprint density at radius 1 is 1.07 bits per heavy atom. The smallest absolute Gasteiger partial charge is 0.432 e. The lowest BCUT2D eigenvalue weighted by atomic mass is 10.0. The molecule has 0 spiro atoms. The minimum atomic E-state index is -4.50. The number of terminal acetylenes is 1. The highest BCUT2D eigenvalue weighted by Crippen LogP contribution is 2.50. The van der Waals surface area contributed by atoms with Crippen molar-refractivity contribution in [3.05, 3.63) is 33.1 Å². The maximum Gasteiger partial charge on any atom is 0.510 e. The van der Waals surface area contributed by atoms with Gasteiger partial charge in [-0.3, -0.25) is 23.3 Å². The van der Waals surface area contributed by atoms with Crippen LogP contribution in [0.2, 0.25) is 0 Å².